The van der Waals surface area contributed by atoms with Crippen LogP contribution in [0, 0.1) is 17.8 Å². The zero-order valence-corrected chi connectivity index (χ0v) is 13.3. The quantitative estimate of drug-likeness (QED) is 0.796. The summed E-state index contributed by atoms with van der Waals surface area (Å²) in [4.78, 5) is 0. The van der Waals surface area contributed by atoms with Crippen LogP contribution in [-0.4, -0.2) is 16.3 Å². The second-order valence-electron chi connectivity index (χ2n) is 6.12. The fourth-order valence-electron chi connectivity index (χ4n) is 2.68. The van der Waals surface area contributed by atoms with Crippen molar-refractivity contribution < 1.29 is 0 Å². The van der Waals surface area contributed by atoms with Crippen LogP contribution in [0.5, 0.6) is 0 Å². The van der Waals surface area contributed by atoms with Crippen molar-refractivity contribution in [1.82, 2.24) is 9.78 Å². The zero-order chi connectivity index (χ0) is 14.6. The van der Waals surface area contributed by atoms with Gasteiger partial charge in [-0.15, -0.1) is 0 Å². The average molecular weight is 266 g/mol. The van der Waals surface area contributed by atoms with Crippen molar-refractivity contribution in [2.45, 2.75) is 47.5 Å². The van der Waals surface area contributed by atoms with Gasteiger partial charge in [-0.05, 0) is 24.2 Å². The molecule has 0 unspecified atom stereocenters. The van der Waals surface area contributed by atoms with Crippen LogP contribution in [0.15, 0.2) is 0 Å². The van der Waals surface area contributed by atoms with Gasteiger partial charge in [-0.1, -0.05) is 41.0 Å². The van der Waals surface area contributed by atoms with E-state index in [9.17, 15) is 0 Å². The molecule has 1 aromatic rings. The van der Waals surface area contributed by atoms with E-state index in [1.807, 2.05) is 11.7 Å². The lowest BCUT2D eigenvalue weighted by Gasteiger charge is -2.25. The number of nitrogens with zero attached hydrogens (tertiary/aromatic N) is 2. The lowest BCUT2D eigenvalue weighted by molar-refractivity contribution is 0.304. The molecule has 4 heteroatoms. The molecule has 0 aliphatic heterocycles. The molecule has 0 aromatic carbocycles. The van der Waals surface area contributed by atoms with Gasteiger partial charge < -0.3 is 11.1 Å². The van der Waals surface area contributed by atoms with Crippen LogP contribution >= 0.6 is 0 Å². The van der Waals surface area contributed by atoms with E-state index in [-0.39, 0.29) is 0 Å². The normalized spacial score (nSPS) is 11.8. The highest BCUT2D eigenvalue weighted by Gasteiger charge is 2.19. The predicted octanol–water partition coefficient (Wildman–Crippen LogP) is 3.29. The Labute approximate surface area is 117 Å². The van der Waals surface area contributed by atoms with E-state index in [0.717, 1.165) is 36.6 Å². The third-order valence-corrected chi connectivity index (χ3v) is 3.86. The molecule has 0 aliphatic carbocycles. The molecule has 0 bridgehead atoms. The van der Waals surface area contributed by atoms with Gasteiger partial charge in [0, 0.05) is 13.6 Å². The minimum atomic E-state index is 0.643. The number of nitrogens with one attached hydrogen (secondary N) is 1. The Morgan fingerprint density at radius 3 is 2.26 bits per heavy atom. The summed E-state index contributed by atoms with van der Waals surface area (Å²) in [6.07, 6.45) is 2.01. The molecule has 4 nitrogen and oxygen atoms in total. The number of rotatable bonds is 7. The van der Waals surface area contributed by atoms with Crippen LogP contribution in [-0.2, 0) is 13.5 Å². The van der Waals surface area contributed by atoms with Crippen LogP contribution in [0.2, 0.25) is 0 Å². The molecule has 0 amide bonds. The van der Waals surface area contributed by atoms with Crippen molar-refractivity contribution in [1.29, 1.82) is 0 Å². The number of nitrogen functional groups attached to an aromatic ring is 1. The maximum Gasteiger partial charge on any atom is 0.147 e. The first-order valence-corrected chi connectivity index (χ1v) is 7.43. The number of aromatic nitrogens is 2. The fraction of sp³-hybridized carbons (Fsp3) is 0.800. The lowest BCUT2D eigenvalue weighted by atomic mass is 9.85. The maximum absolute atomic E-state index is 6.18. The second kappa shape index (κ2) is 6.83. The molecule has 0 saturated carbocycles. The zero-order valence-electron chi connectivity index (χ0n) is 13.3. The third-order valence-electron chi connectivity index (χ3n) is 3.86. The van der Waals surface area contributed by atoms with Crippen LogP contribution in [0.3, 0.4) is 0 Å². The van der Waals surface area contributed by atoms with Crippen LogP contribution in [0.25, 0.3) is 0 Å². The number of anilines is 2. The van der Waals surface area contributed by atoms with Crippen molar-refractivity contribution in [3.8, 4) is 0 Å². The maximum atomic E-state index is 6.18. The first kappa shape index (κ1) is 15.9. The summed E-state index contributed by atoms with van der Waals surface area (Å²) in [6.45, 7) is 12.2. The largest absolute Gasteiger partial charge is 0.394 e. The molecule has 0 radical (unpaired) electrons. The summed E-state index contributed by atoms with van der Waals surface area (Å²) in [5.41, 5.74) is 8.01. The molecule has 110 valence electrons. The standard InChI is InChI=1S/C15H30N4/c1-7-8-13-14(16)15(19(6)18-13)17-9-12(10(2)3)11(4)5/h10-12,17H,7-9,16H2,1-6H3. The van der Waals surface area contributed by atoms with Gasteiger partial charge in [-0.25, -0.2) is 0 Å². The highest BCUT2D eigenvalue weighted by molar-refractivity contribution is 5.65. The number of hydrogen-bond acceptors (Lipinski definition) is 3. The summed E-state index contributed by atoms with van der Waals surface area (Å²) >= 11 is 0. The first-order valence-electron chi connectivity index (χ1n) is 7.43. The predicted molar refractivity (Wildman–Crippen MR) is 83.3 cm³/mol. The molecule has 0 atom stereocenters. The van der Waals surface area contributed by atoms with Gasteiger partial charge in [0.1, 0.15) is 5.82 Å². The Morgan fingerprint density at radius 1 is 1.21 bits per heavy atom. The average Bonchev–Trinajstić information content (AvgIpc) is 2.56. The van der Waals surface area contributed by atoms with Crippen molar-refractivity contribution in [2.75, 3.05) is 17.6 Å². The highest BCUT2D eigenvalue weighted by Crippen LogP contribution is 2.26. The highest BCUT2D eigenvalue weighted by atomic mass is 15.3. The Kier molecular flexibility index (Phi) is 5.70. The third kappa shape index (κ3) is 3.88. The Bertz CT molecular complexity index is 385. The van der Waals surface area contributed by atoms with E-state index in [0.29, 0.717) is 17.8 Å². The molecule has 1 rings (SSSR count). The van der Waals surface area contributed by atoms with E-state index >= 15 is 0 Å². The second-order valence-corrected chi connectivity index (χ2v) is 6.12. The lowest BCUT2D eigenvalue weighted by Crippen LogP contribution is -2.25. The number of nitrogens with two attached hydrogens (primary N) is 1. The monoisotopic (exact) mass is 266 g/mol. The smallest absolute Gasteiger partial charge is 0.147 e. The summed E-state index contributed by atoms with van der Waals surface area (Å²) < 4.78 is 1.87. The van der Waals surface area contributed by atoms with Gasteiger partial charge in [0.15, 0.2) is 0 Å². The summed E-state index contributed by atoms with van der Waals surface area (Å²) in [5, 5.41) is 7.99. The van der Waals surface area contributed by atoms with E-state index in [4.69, 9.17) is 5.73 Å². The van der Waals surface area contributed by atoms with E-state index in [1.54, 1.807) is 0 Å². The number of aryl methyl sites for hydroxylation is 2. The fourth-order valence-corrected chi connectivity index (χ4v) is 2.68. The molecule has 0 fully saturated rings. The summed E-state index contributed by atoms with van der Waals surface area (Å²) in [5.74, 6) is 2.94. The molecule has 1 aromatic heterocycles. The van der Waals surface area contributed by atoms with Crippen molar-refractivity contribution >= 4 is 11.5 Å². The molecule has 0 aliphatic rings. The van der Waals surface area contributed by atoms with Crippen molar-refractivity contribution in [2.24, 2.45) is 24.8 Å². The topological polar surface area (TPSA) is 55.9 Å². The molecule has 3 N–H and O–H groups in total. The van der Waals surface area contributed by atoms with Crippen LogP contribution in [0.1, 0.15) is 46.7 Å². The van der Waals surface area contributed by atoms with Crippen LogP contribution < -0.4 is 11.1 Å². The Balaban J connectivity index is 2.77. The molecule has 19 heavy (non-hydrogen) atoms. The SMILES string of the molecule is CCCc1nn(C)c(NCC(C(C)C)C(C)C)c1N. The van der Waals surface area contributed by atoms with Crippen molar-refractivity contribution in [3.63, 3.8) is 0 Å². The van der Waals surface area contributed by atoms with Gasteiger partial charge in [0.25, 0.3) is 0 Å². The van der Waals surface area contributed by atoms with E-state index in [1.165, 1.54) is 0 Å². The Morgan fingerprint density at radius 2 is 1.79 bits per heavy atom. The molecular formula is C15H30N4. The van der Waals surface area contributed by atoms with Crippen molar-refractivity contribution in [3.05, 3.63) is 5.69 Å². The van der Waals surface area contributed by atoms with Gasteiger partial charge in [0.05, 0.1) is 11.4 Å². The molecule has 1 heterocycles. The van der Waals surface area contributed by atoms with Gasteiger partial charge in [-0.2, -0.15) is 5.10 Å². The van der Waals surface area contributed by atoms with Gasteiger partial charge >= 0.3 is 0 Å². The molecule has 0 saturated heterocycles. The minimum absolute atomic E-state index is 0.643. The van der Waals surface area contributed by atoms with Gasteiger partial charge in [0.2, 0.25) is 0 Å². The number of hydrogen-bond donors (Lipinski definition) is 2. The van der Waals surface area contributed by atoms with E-state index < -0.39 is 0 Å². The summed E-state index contributed by atoms with van der Waals surface area (Å²) in [6, 6.07) is 0. The first-order chi connectivity index (χ1) is 8.88. The Hall–Kier alpha value is -1.19. The van der Waals surface area contributed by atoms with Gasteiger partial charge in [-0.3, -0.25) is 4.68 Å². The summed E-state index contributed by atoms with van der Waals surface area (Å²) in [7, 11) is 1.96. The minimum Gasteiger partial charge on any atom is -0.394 e. The molecule has 0 spiro atoms. The van der Waals surface area contributed by atoms with E-state index in [2.05, 4.69) is 45.0 Å². The van der Waals surface area contributed by atoms with Crippen LogP contribution in [0.4, 0.5) is 11.5 Å². The molecular weight excluding hydrogens is 236 g/mol.